The number of hydrogen-bond donors (Lipinski definition) is 1. The molecule has 2 heterocycles. The van der Waals surface area contributed by atoms with Crippen LogP contribution in [0.3, 0.4) is 0 Å². The minimum Gasteiger partial charge on any atom is -0.383 e. The first-order valence-electron chi connectivity index (χ1n) is 11.3. The van der Waals surface area contributed by atoms with Gasteiger partial charge in [-0.05, 0) is 42.5 Å². The van der Waals surface area contributed by atoms with Gasteiger partial charge in [0.05, 0.1) is 10.5 Å². The maximum Gasteiger partial charge on any atom is 0.269 e. The third-order valence-corrected chi connectivity index (χ3v) is 7.23. The van der Waals surface area contributed by atoms with Crippen molar-refractivity contribution in [1.29, 1.82) is 10.5 Å². The van der Waals surface area contributed by atoms with E-state index >= 15 is 0 Å². The molecule has 4 rings (SSSR count). The van der Waals surface area contributed by atoms with Crippen molar-refractivity contribution in [3.63, 3.8) is 0 Å². The molecule has 10 heteroatoms. The van der Waals surface area contributed by atoms with E-state index in [1.807, 2.05) is 41.3 Å². The standard InChI is InChI=1S/C26H22N6O3S/c27-15-20-22(17-9-11-19(12-10-17)32(34)35)21(16-28)25(30-24(20)29)36-23(18-7-3-1-4-8-18)26(33)31-13-5-2-6-14-31/h1,3-4,7-12,23H,2,5-6,13-14H2,(H2,29,30). The third-order valence-electron chi connectivity index (χ3n) is 6.01. The number of hydrogen-bond acceptors (Lipinski definition) is 8. The van der Waals surface area contributed by atoms with Gasteiger partial charge in [0.1, 0.15) is 33.8 Å². The monoisotopic (exact) mass is 498 g/mol. The van der Waals surface area contributed by atoms with Crippen molar-refractivity contribution in [3.8, 4) is 23.3 Å². The quantitative estimate of drug-likeness (QED) is 0.288. The van der Waals surface area contributed by atoms with Crippen LogP contribution in [0, 0.1) is 32.8 Å². The summed E-state index contributed by atoms with van der Waals surface area (Å²) in [5, 5.41) is 30.5. The lowest BCUT2D eigenvalue weighted by Gasteiger charge is -2.30. The number of rotatable bonds is 6. The number of nitrogen functional groups attached to an aromatic ring is 1. The van der Waals surface area contributed by atoms with Crippen molar-refractivity contribution in [3.05, 3.63) is 81.4 Å². The van der Waals surface area contributed by atoms with Crippen LogP contribution in [-0.2, 0) is 4.79 Å². The van der Waals surface area contributed by atoms with E-state index in [1.165, 1.54) is 24.3 Å². The Morgan fingerprint density at radius 2 is 1.67 bits per heavy atom. The van der Waals surface area contributed by atoms with Crippen molar-refractivity contribution in [2.75, 3.05) is 18.8 Å². The fourth-order valence-corrected chi connectivity index (χ4v) is 5.39. The lowest BCUT2D eigenvalue weighted by atomic mass is 9.96. The van der Waals surface area contributed by atoms with Crippen LogP contribution in [0.15, 0.2) is 59.6 Å². The number of nitriles is 2. The second-order valence-electron chi connectivity index (χ2n) is 8.25. The summed E-state index contributed by atoms with van der Waals surface area (Å²) in [5.74, 6) is -0.152. The predicted octanol–water partition coefficient (Wildman–Crippen LogP) is 4.83. The highest BCUT2D eigenvalue weighted by Gasteiger charge is 2.31. The molecule has 0 aliphatic carbocycles. The van der Waals surface area contributed by atoms with Gasteiger partial charge < -0.3 is 10.6 Å². The molecule has 1 amide bonds. The molecule has 0 saturated carbocycles. The number of thioether (sulfide) groups is 1. The van der Waals surface area contributed by atoms with Gasteiger partial charge in [-0.1, -0.05) is 42.1 Å². The van der Waals surface area contributed by atoms with Gasteiger partial charge in [0.2, 0.25) is 5.91 Å². The summed E-state index contributed by atoms with van der Waals surface area (Å²) >= 11 is 1.12. The SMILES string of the molecule is N#Cc1c(N)nc(SC(C(=O)N2CCCCC2)c2ccccc2)c(C#N)c1-c1ccc([N+](=O)[O-])cc1. The molecule has 0 radical (unpaired) electrons. The normalized spacial score (nSPS) is 13.9. The molecule has 1 aliphatic heterocycles. The molecular formula is C26H22N6O3S. The average Bonchev–Trinajstić information content (AvgIpc) is 2.92. The number of non-ortho nitro benzene ring substituents is 1. The molecule has 1 aromatic heterocycles. The molecule has 1 aliphatic rings. The zero-order valence-electron chi connectivity index (χ0n) is 19.3. The zero-order chi connectivity index (χ0) is 25.7. The smallest absolute Gasteiger partial charge is 0.269 e. The first kappa shape index (κ1) is 24.7. The van der Waals surface area contributed by atoms with E-state index in [9.17, 15) is 25.4 Å². The number of nitrogens with zero attached hydrogens (tertiary/aromatic N) is 5. The predicted molar refractivity (Wildman–Crippen MR) is 136 cm³/mol. The van der Waals surface area contributed by atoms with Crippen molar-refractivity contribution in [2.24, 2.45) is 0 Å². The lowest BCUT2D eigenvalue weighted by Crippen LogP contribution is -2.38. The Hall–Kier alpha value is -4.41. The lowest BCUT2D eigenvalue weighted by molar-refractivity contribution is -0.384. The number of likely N-dealkylation sites (tertiary alicyclic amines) is 1. The van der Waals surface area contributed by atoms with E-state index in [-0.39, 0.29) is 39.1 Å². The highest BCUT2D eigenvalue weighted by molar-refractivity contribution is 8.00. The number of carbonyl (C=O) groups excluding carboxylic acids is 1. The number of benzene rings is 2. The Morgan fingerprint density at radius 3 is 2.25 bits per heavy atom. The van der Waals surface area contributed by atoms with Gasteiger partial charge in [-0.2, -0.15) is 10.5 Å². The van der Waals surface area contributed by atoms with Crippen LogP contribution in [0.5, 0.6) is 0 Å². The number of anilines is 1. The number of nitrogens with two attached hydrogens (primary N) is 1. The second-order valence-corrected chi connectivity index (χ2v) is 9.34. The molecule has 0 spiro atoms. The number of amides is 1. The van der Waals surface area contributed by atoms with Gasteiger partial charge in [-0.3, -0.25) is 14.9 Å². The van der Waals surface area contributed by atoms with Crippen molar-refractivity contribution in [2.45, 2.75) is 29.5 Å². The molecule has 1 unspecified atom stereocenters. The summed E-state index contributed by atoms with van der Waals surface area (Å²) in [6.45, 7) is 1.34. The molecule has 180 valence electrons. The van der Waals surface area contributed by atoms with Crippen molar-refractivity contribution < 1.29 is 9.72 Å². The Morgan fingerprint density at radius 1 is 1.03 bits per heavy atom. The molecule has 1 atom stereocenters. The molecule has 3 aromatic rings. The van der Waals surface area contributed by atoms with Crippen LogP contribution in [0.2, 0.25) is 0 Å². The topological polar surface area (TPSA) is 150 Å². The third kappa shape index (κ3) is 4.99. The maximum absolute atomic E-state index is 13.6. The average molecular weight is 499 g/mol. The Balaban J connectivity index is 1.83. The summed E-state index contributed by atoms with van der Waals surface area (Å²) < 4.78 is 0. The maximum atomic E-state index is 13.6. The van der Waals surface area contributed by atoms with Gasteiger partial charge in [0.25, 0.3) is 5.69 Å². The van der Waals surface area contributed by atoms with E-state index in [1.54, 1.807) is 0 Å². The number of aromatic nitrogens is 1. The summed E-state index contributed by atoms with van der Waals surface area (Å²) in [7, 11) is 0. The number of carbonyl (C=O) groups is 1. The molecule has 2 aromatic carbocycles. The first-order valence-corrected chi connectivity index (χ1v) is 12.2. The van der Waals surface area contributed by atoms with E-state index < -0.39 is 10.2 Å². The van der Waals surface area contributed by atoms with Crippen molar-refractivity contribution in [1.82, 2.24) is 9.88 Å². The summed E-state index contributed by atoms with van der Waals surface area (Å²) in [6, 6.07) is 18.9. The zero-order valence-corrected chi connectivity index (χ0v) is 20.1. The van der Waals surface area contributed by atoms with Crippen LogP contribution in [0.4, 0.5) is 11.5 Å². The van der Waals surface area contributed by atoms with Gasteiger partial charge in [-0.15, -0.1) is 0 Å². The van der Waals surface area contributed by atoms with E-state index in [4.69, 9.17) is 5.73 Å². The molecule has 36 heavy (non-hydrogen) atoms. The van der Waals surface area contributed by atoms with Gasteiger partial charge >= 0.3 is 0 Å². The van der Waals surface area contributed by atoms with E-state index in [0.29, 0.717) is 18.7 Å². The number of piperidine rings is 1. The highest BCUT2D eigenvalue weighted by atomic mass is 32.2. The second kappa shape index (κ2) is 10.9. The van der Waals surface area contributed by atoms with Crippen LogP contribution < -0.4 is 5.73 Å². The molecule has 1 saturated heterocycles. The highest BCUT2D eigenvalue weighted by Crippen LogP contribution is 2.42. The minimum absolute atomic E-state index is 0.00312. The fourth-order valence-electron chi connectivity index (χ4n) is 4.20. The van der Waals surface area contributed by atoms with Crippen LogP contribution in [0.25, 0.3) is 11.1 Å². The number of nitro groups is 1. The largest absolute Gasteiger partial charge is 0.383 e. The molecule has 9 nitrogen and oxygen atoms in total. The molecule has 0 bridgehead atoms. The van der Waals surface area contributed by atoms with E-state index in [2.05, 4.69) is 11.1 Å². The minimum atomic E-state index is -0.666. The van der Waals surface area contributed by atoms with Gasteiger partial charge in [0.15, 0.2) is 0 Å². The van der Waals surface area contributed by atoms with Crippen LogP contribution >= 0.6 is 11.8 Å². The first-order chi connectivity index (χ1) is 17.4. The summed E-state index contributed by atoms with van der Waals surface area (Å²) in [6.07, 6.45) is 2.96. The Labute approximate surface area is 212 Å². The van der Waals surface area contributed by atoms with Gasteiger partial charge in [-0.25, -0.2) is 4.98 Å². The van der Waals surface area contributed by atoms with E-state index in [0.717, 1.165) is 36.6 Å². The Kier molecular flexibility index (Phi) is 7.47. The number of pyridine rings is 1. The Bertz CT molecular complexity index is 1370. The summed E-state index contributed by atoms with van der Waals surface area (Å²) in [4.78, 5) is 30.4. The molecule has 1 fully saturated rings. The van der Waals surface area contributed by atoms with Crippen molar-refractivity contribution >= 4 is 29.2 Å². The van der Waals surface area contributed by atoms with Crippen LogP contribution in [0.1, 0.15) is 41.2 Å². The molecular weight excluding hydrogens is 476 g/mol. The van der Waals surface area contributed by atoms with Gasteiger partial charge in [0, 0.05) is 30.8 Å². The molecule has 2 N–H and O–H groups in total. The van der Waals surface area contributed by atoms with Crippen LogP contribution in [-0.4, -0.2) is 33.8 Å². The number of nitro benzene ring substituents is 1. The fraction of sp³-hybridized carbons (Fsp3) is 0.231. The summed E-state index contributed by atoms with van der Waals surface area (Å²) in [5.41, 5.74) is 7.54.